The maximum atomic E-state index is 13.5. The molecule has 0 aliphatic rings. The maximum Gasteiger partial charge on any atom is 0.329 e. The molecule has 0 unspecified atom stereocenters. The predicted octanol–water partition coefficient (Wildman–Crippen LogP) is 9.43. The van der Waals surface area contributed by atoms with Crippen molar-refractivity contribution in [2.24, 2.45) is 0 Å². The molecule has 0 radical (unpaired) electrons. The van der Waals surface area contributed by atoms with Crippen LogP contribution in [-0.2, 0) is 0 Å². The second-order valence-electron chi connectivity index (χ2n) is 13.6. The number of benzene rings is 4. The Morgan fingerprint density at radius 2 is 1.03 bits per heavy atom. The molecule has 7 N–H and O–H groups in total. The largest absolute Gasteiger partial charge is 0.368 e. The van der Waals surface area contributed by atoms with Crippen LogP contribution < -0.4 is 33.6 Å². The van der Waals surface area contributed by atoms with Gasteiger partial charge >= 0.3 is 11.4 Å². The number of pyridine rings is 2. The number of anilines is 3. The van der Waals surface area contributed by atoms with Gasteiger partial charge in [-0.1, -0.05) is 83.9 Å². The molecule has 0 amide bonds. The summed E-state index contributed by atoms with van der Waals surface area (Å²) in [5.74, 6) is -0.190. The number of nitrogens with two attached hydrogens (primary N) is 1. The molecule has 4 aromatic heterocycles. The number of rotatable bonds is 10. The zero-order valence-corrected chi connectivity index (χ0v) is 35.4. The van der Waals surface area contributed by atoms with Gasteiger partial charge in [0.05, 0.1) is 42.7 Å². The van der Waals surface area contributed by atoms with Crippen LogP contribution in [0.4, 0.5) is 29.0 Å². The average molecular weight is 910 g/mol. The van der Waals surface area contributed by atoms with Gasteiger partial charge in [-0.15, -0.1) is 0 Å². The highest BCUT2D eigenvalue weighted by molar-refractivity contribution is 6.35. The summed E-state index contributed by atoms with van der Waals surface area (Å²) in [7, 11) is 0. The molecule has 8 rings (SSSR count). The van der Waals surface area contributed by atoms with E-state index in [2.05, 4.69) is 30.6 Å². The summed E-state index contributed by atoms with van der Waals surface area (Å²) < 4.78 is 3.06. The molecule has 8 aromatic rings. The molecule has 0 saturated heterocycles. The van der Waals surface area contributed by atoms with E-state index in [4.69, 9.17) is 40.5 Å². The molecule has 0 aliphatic heterocycles. The number of nitrogen functional groups attached to an aromatic ring is 1. The second-order valence-corrected chi connectivity index (χ2v) is 14.7. The van der Waals surface area contributed by atoms with Crippen LogP contribution in [0.2, 0.25) is 15.3 Å². The van der Waals surface area contributed by atoms with Gasteiger partial charge in [-0.05, 0) is 84.8 Å². The summed E-state index contributed by atoms with van der Waals surface area (Å²) in [6.45, 7) is 3.54. The molecular weight excluding hydrogens is 875 g/mol. The van der Waals surface area contributed by atoms with Crippen molar-refractivity contribution in [3.63, 3.8) is 0 Å². The van der Waals surface area contributed by atoms with Gasteiger partial charge in [0.25, 0.3) is 11.1 Å². The number of nitrogens with one attached hydrogen (secondary N) is 2. The first-order valence-electron chi connectivity index (χ1n) is 18.5. The first-order valence-corrected chi connectivity index (χ1v) is 19.6. The van der Waals surface area contributed by atoms with Gasteiger partial charge < -0.3 is 22.5 Å². The van der Waals surface area contributed by atoms with Crippen LogP contribution >= 0.6 is 34.8 Å². The third-order valence-electron chi connectivity index (χ3n) is 9.59. The van der Waals surface area contributed by atoms with Crippen LogP contribution in [0.15, 0.2) is 131 Å². The fraction of sp³-hybridized carbons (Fsp3) is 0.0952. The van der Waals surface area contributed by atoms with E-state index in [9.17, 15) is 29.8 Å². The summed E-state index contributed by atoms with van der Waals surface area (Å²) in [4.78, 5) is 63.7. The average Bonchev–Trinajstić information content (AvgIpc) is 3.24. The zero-order chi connectivity index (χ0) is 44.2. The summed E-state index contributed by atoms with van der Waals surface area (Å²) in [5, 5.41) is 31.4. The quantitative estimate of drug-likeness (QED) is 0.0566. The second kappa shape index (κ2) is 19.0. The fourth-order valence-corrected chi connectivity index (χ4v) is 7.44. The first kappa shape index (κ1) is 45.0. The molecule has 4 aromatic carbocycles. The van der Waals surface area contributed by atoms with Crippen molar-refractivity contribution in [3.05, 3.63) is 189 Å². The molecule has 320 valence electrons. The van der Waals surface area contributed by atoms with Crippen molar-refractivity contribution in [1.82, 2.24) is 35.2 Å². The van der Waals surface area contributed by atoms with Gasteiger partial charge in [0.2, 0.25) is 22.9 Å². The zero-order valence-electron chi connectivity index (χ0n) is 33.1. The highest BCUT2D eigenvalue weighted by Crippen LogP contribution is 2.32. The fourth-order valence-electron chi connectivity index (χ4n) is 6.78. The van der Waals surface area contributed by atoms with E-state index < -0.39 is 21.9 Å². The molecule has 18 nitrogen and oxygen atoms in total. The number of hydrogen-bond acceptors (Lipinski definition) is 14. The molecule has 0 fully saturated rings. The lowest BCUT2D eigenvalue weighted by Gasteiger charge is -2.21. The normalized spacial score (nSPS) is 11.8. The number of para-hydroxylation sites is 2. The van der Waals surface area contributed by atoms with Gasteiger partial charge in [0.1, 0.15) is 12.4 Å². The molecule has 2 atom stereocenters. The Kier molecular flexibility index (Phi) is 13.6. The number of nitro groups is 2. The van der Waals surface area contributed by atoms with E-state index in [1.807, 2.05) is 48.5 Å². The lowest BCUT2D eigenvalue weighted by molar-refractivity contribution is -0.384. The standard InChI is InChI=1S/C21H15Cl2N5O3.C21H17ClN6O3.H3N/c2*1-12(25-19-17(28(30)31)11-24-21(23)26-19)16-10-13-6-5-9-15(22)18(13)20(29)27(16)14-7-3-2-4-8-14;/h2-12H,1H3,(H,24,25,26);2-12H,1H3,(H3,23,24,25,26);1H3/t2*12-;/m00./s1. The number of hydrogen-bond donors (Lipinski definition) is 4. The predicted molar refractivity (Wildman–Crippen MR) is 245 cm³/mol. The first-order chi connectivity index (χ1) is 29.7. The Morgan fingerprint density at radius 3 is 1.46 bits per heavy atom. The number of fused-ring (bicyclic) bond motifs is 2. The van der Waals surface area contributed by atoms with E-state index in [1.54, 1.807) is 74.5 Å². The smallest absolute Gasteiger partial charge is 0.329 e. The highest BCUT2D eigenvalue weighted by Gasteiger charge is 2.24. The van der Waals surface area contributed by atoms with E-state index >= 15 is 0 Å². The van der Waals surface area contributed by atoms with Crippen LogP contribution in [0.3, 0.4) is 0 Å². The maximum absolute atomic E-state index is 13.5. The molecular formula is C42H35Cl3N12O6. The van der Waals surface area contributed by atoms with E-state index in [0.29, 0.717) is 54.4 Å². The van der Waals surface area contributed by atoms with Crippen molar-refractivity contribution in [2.75, 3.05) is 16.4 Å². The molecule has 0 spiro atoms. The summed E-state index contributed by atoms with van der Waals surface area (Å²) in [6, 6.07) is 31.1. The Hall–Kier alpha value is -7.51. The monoisotopic (exact) mass is 908 g/mol. The van der Waals surface area contributed by atoms with Crippen LogP contribution in [0.25, 0.3) is 32.9 Å². The van der Waals surface area contributed by atoms with Crippen LogP contribution in [0, 0.1) is 20.2 Å². The van der Waals surface area contributed by atoms with Gasteiger partial charge in [0.15, 0.2) is 0 Å². The van der Waals surface area contributed by atoms with Crippen molar-refractivity contribution in [2.45, 2.75) is 25.9 Å². The van der Waals surface area contributed by atoms with Gasteiger partial charge in [-0.2, -0.15) is 9.97 Å². The van der Waals surface area contributed by atoms with Crippen molar-refractivity contribution >= 4 is 85.3 Å². The van der Waals surface area contributed by atoms with E-state index in [0.717, 1.165) is 12.4 Å². The number of aromatic nitrogens is 6. The Bertz CT molecular complexity index is 2930. The lowest BCUT2D eigenvalue weighted by atomic mass is 10.1. The molecule has 0 saturated carbocycles. The molecule has 4 heterocycles. The summed E-state index contributed by atoms with van der Waals surface area (Å²) in [6.07, 6.45) is 2.08. The minimum absolute atomic E-state index is 0. The summed E-state index contributed by atoms with van der Waals surface area (Å²) in [5.41, 5.74) is 6.78. The number of nitrogens with zero attached hydrogens (tertiary/aromatic N) is 8. The van der Waals surface area contributed by atoms with E-state index in [1.165, 1.54) is 9.13 Å². The molecule has 0 bridgehead atoms. The Labute approximate surface area is 371 Å². The number of halogens is 3. The van der Waals surface area contributed by atoms with Crippen molar-refractivity contribution in [3.8, 4) is 11.4 Å². The van der Waals surface area contributed by atoms with Crippen molar-refractivity contribution < 1.29 is 9.85 Å². The molecule has 63 heavy (non-hydrogen) atoms. The SMILES string of the molecule is C[C@H](Nc1nc(Cl)ncc1[N+](=O)[O-])c1cc2cccc(Cl)c2c(=O)n1-c1ccccc1.C[C@H](Nc1nc(N)ncc1[N+](=O)[O-])c1cc2cccc(Cl)c2c(=O)n1-c1ccccc1.N. The lowest BCUT2D eigenvalue weighted by Crippen LogP contribution is -2.26. The Balaban J connectivity index is 0.000000206. The summed E-state index contributed by atoms with van der Waals surface area (Å²) >= 11 is 18.5. The van der Waals surface area contributed by atoms with Gasteiger partial charge in [-0.3, -0.25) is 39.0 Å². The van der Waals surface area contributed by atoms with Gasteiger partial charge in [0, 0.05) is 22.8 Å². The van der Waals surface area contributed by atoms with Crippen LogP contribution in [0.5, 0.6) is 0 Å². The van der Waals surface area contributed by atoms with E-state index in [-0.39, 0.29) is 51.5 Å². The van der Waals surface area contributed by atoms with Crippen LogP contribution in [0.1, 0.15) is 37.3 Å². The highest BCUT2D eigenvalue weighted by atomic mass is 35.5. The van der Waals surface area contributed by atoms with Crippen LogP contribution in [-0.4, -0.2) is 38.9 Å². The molecule has 21 heteroatoms. The van der Waals surface area contributed by atoms with Gasteiger partial charge in [-0.25, -0.2) is 9.97 Å². The topological polar surface area (TPSA) is 267 Å². The van der Waals surface area contributed by atoms with Crippen molar-refractivity contribution in [1.29, 1.82) is 0 Å². The minimum atomic E-state index is -0.601. The third kappa shape index (κ3) is 9.38. The Morgan fingerprint density at radius 1 is 0.619 bits per heavy atom. The molecule has 0 aliphatic carbocycles. The third-order valence-corrected chi connectivity index (χ3v) is 10.4. The minimum Gasteiger partial charge on any atom is -0.368 e.